The lowest BCUT2D eigenvalue weighted by atomic mass is 10.1. The first-order valence-corrected chi connectivity index (χ1v) is 5.69. The number of benzene rings is 1. The van der Waals surface area contributed by atoms with Crippen LogP contribution in [0.1, 0.15) is 5.56 Å². The normalized spacial score (nSPS) is 14.8. The number of hydrogen-bond donors (Lipinski definition) is 1. The van der Waals surface area contributed by atoms with Crippen molar-refractivity contribution in [1.82, 2.24) is 0 Å². The Labute approximate surface area is 110 Å². The van der Waals surface area contributed by atoms with E-state index in [4.69, 9.17) is 9.84 Å². The highest BCUT2D eigenvalue weighted by Crippen LogP contribution is 2.32. The van der Waals surface area contributed by atoms with Crippen molar-refractivity contribution in [1.29, 1.82) is 0 Å². The third-order valence-electron chi connectivity index (χ3n) is 2.71. The van der Waals surface area contributed by atoms with Gasteiger partial charge in [0.05, 0.1) is 5.69 Å². The summed E-state index contributed by atoms with van der Waals surface area (Å²) in [5, 5.41) is 8.45. The molecule has 1 heterocycles. The van der Waals surface area contributed by atoms with Crippen LogP contribution < -0.4 is 9.64 Å². The minimum absolute atomic E-state index is 0.0556. The van der Waals surface area contributed by atoms with Gasteiger partial charge in [0.15, 0.2) is 6.61 Å². The molecular formula is C14H13NO4. The predicted molar refractivity (Wildman–Crippen MR) is 71.2 cm³/mol. The number of amides is 1. The van der Waals surface area contributed by atoms with Crippen molar-refractivity contribution >= 4 is 23.6 Å². The fraction of sp³-hybridized carbons (Fsp3) is 0.143. The Bertz CT molecular complexity index is 575. The van der Waals surface area contributed by atoms with Gasteiger partial charge in [0.2, 0.25) is 0 Å². The number of ether oxygens (including phenoxy) is 1. The molecule has 1 aromatic carbocycles. The van der Waals surface area contributed by atoms with Crippen molar-refractivity contribution in [3.05, 3.63) is 42.0 Å². The molecule has 0 saturated carbocycles. The van der Waals surface area contributed by atoms with Crippen LogP contribution in [0.15, 0.2) is 36.4 Å². The number of aliphatic carboxylic acids is 1. The lowest BCUT2D eigenvalue weighted by molar-refractivity contribution is -0.131. The number of carbonyl (C=O) groups excluding carboxylic acids is 1. The number of carboxylic acid groups (broad SMARTS) is 1. The van der Waals surface area contributed by atoms with Crippen LogP contribution in [0.5, 0.6) is 5.75 Å². The highest BCUT2D eigenvalue weighted by atomic mass is 16.5. The number of carbonyl (C=O) groups is 2. The smallest absolute Gasteiger partial charge is 0.328 e. The SMILES string of the molecule is CN1C(=O)COc2ccc(/C=C/C=C/C(=O)O)cc21. The molecule has 2 rings (SSSR count). The minimum atomic E-state index is -0.992. The predicted octanol–water partition coefficient (Wildman–Crippen LogP) is 1.70. The van der Waals surface area contributed by atoms with Gasteiger partial charge in [-0.3, -0.25) is 4.79 Å². The molecule has 0 aliphatic carbocycles. The molecule has 1 aromatic rings. The third kappa shape index (κ3) is 3.01. The van der Waals surface area contributed by atoms with Crippen molar-refractivity contribution in [2.75, 3.05) is 18.6 Å². The number of nitrogens with zero attached hydrogens (tertiary/aromatic N) is 1. The molecule has 5 heteroatoms. The van der Waals surface area contributed by atoms with E-state index in [0.717, 1.165) is 11.6 Å². The molecule has 5 nitrogen and oxygen atoms in total. The molecule has 1 aliphatic heterocycles. The van der Waals surface area contributed by atoms with E-state index in [1.54, 1.807) is 30.2 Å². The molecule has 1 N–H and O–H groups in total. The van der Waals surface area contributed by atoms with Crippen molar-refractivity contribution in [2.24, 2.45) is 0 Å². The van der Waals surface area contributed by atoms with E-state index in [9.17, 15) is 9.59 Å². The first-order valence-electron chi connectivity index (χ1n) is 5.69. The Morgan fingerprint density at radius 1 is 1.42 bits per heavy atom. The van der Waals surface area contributed by atoms with Crippen molar-refractivity contribution in [3.8, 4) is 5.75 Å². The lowest BCUT2D eigenvalue weighted by Crippen LogP contribution is -2.35. The molecular weight excluding hydrogens is 246 g/mol. The lowest BCUT2D eigenvalue weighted by Gasteiger charge is -2.26. The molecule has 0 unspecified atom stereocenters. The van der Waals surface area contributed by atoms with Crippen LogP contribution in [0.4, 0.5) is 5.69 Å². The maximum Gasteiger partial charge on any atom is 0.328 e. The number of rotatable bonds is 3. The Hall–Kier alpha value is -2.56. The van der Waals surface area contributed by atoms with E-state index in [1.165, 1.54) is 6.08 Å². The highest BCUT2D eigenvalue weighted by molar-refractivity contribution is 5.97. The van der Waals surface area contributed by atoms with Gasteiger partial charge in [-0.15, -0.1) is 0 Å². The van der Waals surface area contributed by atoms with Crippen molar-refractivity contribution in [3.63, 3.8) is 0 Å². The number of hydrogen-bond acceptors (Lipinski definition) is 3. The van der Waals surface area contributed by atoms with Gasteiger partial charge in [-0.1, -0.05) is 24.3 Å². The summed E-state index contributed by atoms with van der Waals surface area (Å²) in [7, 11) is 1.70. The second-order valence-corrected chi connectivity index (χ2v) is 4.03. The highest BCUT2D eigenvalue weighted by Gasteiger charge is 2.21. The second kappa shape index (κ2) is 5.39. The van der Waals surface area contributed by atoms with Crippen LogP contribution in [0, 0.1) is 0 Å². The summed E-state index contributed by atoms with van der Waals surface area (Å²) >= 11 is 0. The number of carboxylic acids is 1. The number of allylic oxidation sites excluding steroid dienone is 2. The zero-order valence-corrected chi connectivity index (χ0v) is 10.4. The third-order valence-corrected chi connectivity index (χ3v) is 2.71. The zero-order valence-electron chi connectivity index (χ0n) is 10.4. The van der Waals surface area contributed by atoms with Crippen LogP contribution in [0.2, 0.25) is 0 Å². The van der Waals surface area contributed by atoms with E-state index in [-0.39, 0.29) is 12.5 Å². The van der Waals surface area contributed by atoms with E-state index < -0.39 is 5.97 Å². The van der Waals surface area contributed by atoms with Gasteiger partial charge in [0.25, 0.3) is 5.91 Å². The molecule has 0 bridgehead atoms. The first kappa shape index (κ1) is 12.9. The largest absolute Gasteiger partial charge is 0.482 e. The van der Waals surface area contributed by atoms with Gasteiger partial charge in [-0.2, -0.15) is 0 Å². The Morgan fingerprint density at radius 2 is 2.21 bits per heavy atom. The van der Waals surface area contributed by atoms with Crippen molar-refractivity contribution < 1.29 is 19.4 Å². The fourth-order valence-electron chi connectivity index (χ4n) is 1.70. The summed E-state index contributed by atoms with van der Waals surface area (Å²) < 4.78 is 5.31. The first-order chi connectivity index (χ1) is 9.08. The Balaban J connectivity index is 2.21. The maximum atomic E-state index is 11.5. The van der Waals surface area contributed by atoms with Gasteiger partial charge in [0.1, 0.15) is 5.75 Å². The maximum absolute atomic E-state index is 11.5. The molecule has 1 aliphatic rings. The summed E-state index contributed by atoms with van der Waals surface area (Å²) in [5.74, 6) is -0.423. The average Bonchev–Trinajstić information content (AvgIpc) is 2.39. The van der Waals surface area contributed by atoms with Crippen LogP contribution in [0.25, 0.3) is 6.08 Å². The molecule has 0 spiro atoms. The van der Waals surface area contributed by atoms with Crippen LogP contribution in [-0.4, -0.2) is 30.6 Å². The average molecular weight is 259 g/mol. The summed E-state index contributed by atoms with van der Waals surface area (Å²) in [6.07, 6.45) is 5.87. The van der Waals surface area contributed by atoms with Gasteiger partial charge in [0, 0.05) is 13.1 Å². The Kier molecular flexibility index (Phi) is 3.66. The van der Waals surface area contributed by atoms with Gasteiger partial charge in [-0.25, -0.2) is 4.79 Å². The standard InChI is InChI=1S/C14H13NO4/c1-15-11-8-10(4-2-3-5-14(17)18)6-7-12(11)19-9-13(15)16/h2-8H,9H2,1H3,(H,17,18)/b4-2+,5-3+. The molecule has 0 fully saturated rings. The fourth-order valence-corrected chi connectivity index (χ4v) is 1.70. The van der Waals surface area contributed by atoms with Gasteiger partial charge < -0.3 is 14.7 Å². The van der Waals surface area contributed by atoms with Gasteiger partial charge in [-0.05, 0) is 17.7 Å². The Morgan fingerprint density at radius 3 is 2.95 bits per heavy atom. The van der Waals surface area contributed by atoms with Gasteiger partial charge >= 0.3 is 5.97 Å². The summed E-state index contributed by atoms with van der Waals surface area (Å²) in [4.78, 5) is 23.4. The quantitative estimate of drug-likeness (QED) is 0.662. The molecule has 0 aromatic heterocycles. The second-order valence-electron chi connectivity index (χ2n) is 4.03. The van der Waals surface area contributed by atoms with Crippen LogP contribution in [0.3, 0.4) is 0 Å². The van der Waals surface area contributed by atoms with Crippen LogP contribution >= 0.6 is 0 Å². The van der Waals surface area contributed by atoms with Crippen molar-refractivity contribution in [2.45, 2.75) is 0 Å². The monoisotopic (exact) mass is 259 g/mol. The topological polar surface area (TPSA) is 66.8 Å². The summed E-state index contributed by atoms with van der Waals surface area (Å²) in [5.41, 5.74) is 1.57. The number of fused-ring (bicyclic) bond motifs is 1. The van der Waals surface area contributed by atoms with E-state index in [1.807, 2.05) is 12.1 Å². The molecule has 0 radical (unpaired) electrons. The zero-order chi connectivity index (χ0) is 13.8. The van der Waals surface area contributed by atoms with E-state index in [2.05, 4.69) is 0 Å². The summed E-state index contributed by atoms with van der Waals surface area (Å²) in [6.45, 7) is 0.0556. The molecule has 19 heavy (non-hydrogen) atoms. The minimum Gasteiger partial charge on any atom is -0.482 e. The molecule has 0 atom stereocenters. The molecule has 1 amide bonds. The van der Waals surface area contributed by atoms with E-state index in [0.29, 0.717) is 11.4 Å². The molecule has 0 saturated heterocycles. The summed E-state index contributed by atoms with van der Waals surface area (Å²) in [6, 6.07) is 5.45. The van der Waals surface area contributed by atoms with E-state index >= 15 is 0 Å². The number of likely N-dealkylation sites (N-methyl/N-ethyl adjacent to an activating group) is 1. The number of anilines is 1. The molecule has 98 valence electrons. The van der Waals surface area contributed by atoms with Crippen LogP contribution in [-0.2, 0) is 9.59 Å².